The second kappa shape index (κ2) is 11.7. The lowest BCUT2D eigenvalue weighted by molar-refractivity contribution is 0.660. The number of benzene rings is 8. The molecule has 0 saturated carbocycles. The zero-order valence-corrected chi connectivity index (χ0v) is 30.7. The van der Waals surface area contributed by atoms with Crippen molar-refractivity contribution >= 4 is 27.8 Å². The van der Waals surface area contributed by atoms with Gasteiger partial charge in [0.1, 0.15) is 0 Å². The van der Waals surface area contributed by atoms with Gasteiger partial charge in [-0.2, -0.15) is 0 Å². The van der Waals surface area contributed by atoms with Crippen LogP contribution in [-0.4, -0.2) is 0 Å². The highest BCUT2D eigenvalue weighted by atomic mass is 15.1. The van der Waals surface area contributed by atoms with Crippen molar-refractivity contribution in [1.29, 1.82) is 0 Å². The van der Waals surface area contributed by atoms with Crippen molar-refractivity contribution in [1.82, 2.24) is 0 Å². The first kappa shape index (κ1) is 31.5. The van der Waals surface area contributed by atoms with Gasteiger partial charge in [-0.1, -0.05) is 173 Å². The second-order valence-electron chi connectivity index (χ2n) is 15.7. The van der Waals surface area contributed by atoms with E-state index in [0.29, 0.717) is 0 Å². The van der Waals surface area contributed by atoms with Crippen LogP contribution in [0.4, 0.5) is 17.1 Å². The fraction of sp³-hybridized carbons (Fsp3) is 0.115. The Balaban J connectivity index is 1.28. The Morgan fingerprint density at radius 2 is 0.887 bits per heavy atom. The van der Waals surface area contributed by atoms with Crippen molar-refractivity contribution in [2.75, 3.05) is 4.90 Å². The van der Waals surface area contributed by atoms with Gasteiger partial charge in [-0.05, 0) is 102 Å². The summed E-state index contributed by atoms with van der Waals surface area (Å²) in [6.07, 6.45) is 0. The van der Waals surface area contributed by atoms with Crippen LogP contribution in [0, 0.1) is 0 Å². The molecule has 53 heavy (non-hydrogen) atoms. The van der Waals surface area contributed by atoms with Gasteiger partial charge in [0, 0.05) is 27.6 Å². The van der Waals surface area contributed by atoms with Gasteiger partial charge in [0.15, 0.2) is 0 Å². The highest BCUT2D eigenvalue weighted by molar-refractivity contribution is 6.12. The van der Waals surface area contributed by atoms with Crippen LogP contribution in [0.5, 0.6) is 0 Å². The standard InChI is InChI=1S/C52H41N/c1-51(2)45-24-13-11-20-40(45)42-31-30-38(32-47(42)51)53(37-28-26-35(27-29-37)34-16-7-5-8-17-34)48-33-44-41-21-12-14-25-46(41)52(3,4)50(44)49-39(22-15-23-43(48)49)36-18-9-6-10-19-36/h5-33H,1-4H3. The average Bonchev–Trinajstić information content (AvgIpc) is 3.58. The van der Waals surface area contributed by atoms with Crippen molar-refractivity contribution in [3.63, 3.8) is 0 Å². The first-order chi connectivity index (χ1) is 25.8. The summed E-state index contributed by atoms with van der Waals surface area (Å²) in [4.78, 5) is 2.51. The molecule has 0 aliphatic heterocycles. The van der Waals surface area contributed by atoms with Gasteiger partial charge in [0.25, 0.3) is 0 Å². The molecule has 2 aliphatic carbocycles. The molecular weight excluding hydrogens is 639 g/mol. The van der Waals surface area contributed by atoms with E-state index < -0.39 is 0 Å². The van der Waals surface area contributed by atoms with Crippen molar-refractivity contribution < 1.29 is 0 Å². The largest absolute Gasteiger partial charge is 0.310 e. The zero-order valence-electron chi connectivity index (χ0n) is 30.7. The smallest absolute Gasteiger partial charge is 0.0546 e. The normalized spacial score (nSPS) is 14.3. The van der Waals surface area contributed by atoms with Crippen molar-refractivity contribution in [3.05, 3.63) is 198 Å². The fourth-order valence-electron chi connectivity index (χ4n) is 9.45. The maximum absolute atomic E-state index is 2.51. The molecule has 0 N–H and O–H groups in total. The van der Waals surface area contributed by atoms with Crippen molar-refractivity contribution in [3.8, 4) is 44.5 Å². The van der Waals surface area contributed by atoms with Gasteiger partial charge in [0.2, 0.25) is 0 Å². The van der Waals surface area contributed by atoms with E-state index >= 15 is 0 Å². The average molecular weight is 680 g/mol. The topological polar surface area (TPSA) is 3.24 Å². The van der Waals surface area contributed by atoms with E-state index in [1.807, 2.05) is 0 Å². The van der Waals surface area contributed by atoms with Crippen LogP contribution < -0.4 is 4.90 Å². The van der Waals surface area contributed by atoms with E-state index in [1.54, 1.807) is 0 Å². The predicted molar refractivity (Wildman–Crippen MR) is 225 cm³/mol. The molecule has 8 aromatic rings. The minimum absolute atomic E-state index is 0.117. The number of hydrogen-bond donors (Lipinski definition) is 0. The Kier molecular flexibility index (Phi) is 6.94. The first-order valence-electron chi connectivity index (χ1n) is 18.8. The SMILES string of the molecule is CC1(C)c2ccccc2-c2ccc(N(c3ccc(-c4ccccc4)cc3)c3cc4c(c5c(-c6ccccc6)cccc35)C(C)(C)c3ccccc3-4)cc21. The molecule has 0 radical (unpaired) electrons. The molecule has 0 spiro atoms. The summed E-state index contributed by atoms with van der Waals surface area (Å²) in [5, 5.41) is 2.58. The van der Waals surface area contributed by atoms with Gasteiger partial charge >= 0.3 is 0 Å². The highest BCUT2D eigenvalue weighted by Crippen LogP contribution is 2.57. The Bertz CT molecular complexity index is 2700. The third kappa shape index (κ3) is 4.70. The zero-order chi connectivity index (χ0) is 35.9. The molecule has 0 aromatic heterocycles. The molecule has 254 valence electrons. The molecule has 0 unspecified atom stereocenters. The van der Waals surface area contributed by atoms with Crippen LogP contribution in [0.3, 0.4) is 0 Å². The van der Waals surface area contributed by atoms with Crippen molar-refractivity contribution in [2.24, 2.45) is 0 Å². The summed E-state index contributed by atoms with van der Waals surface area (Å²) in [6, 6.07) is 65.2. The lowest BCUT2D eigenvalue weighted by Gasteiger charge is -2.31. The molecule has 8 aromatic carbocycles. The fourth-order valence-corrected chi connectivity index (χ4v) is 9.45. The van der Waals surface area contributed by atoms with E-state index in [0.717, 1.165) is 11.4 Å². The Morgan fingerprint density at radius 1 is 0.358 bits per heavy atom. The lowest BCUT2D eigenvalue weighted by Crippen LogP contribution is -2.18. The molecule has 1 heteroatoms. The van der Waals surface area contributed by atoms with E-state index in [-0.39, 0.29) is 10.8 Å². The number of nitrogens with zero attached hydrogens (tertiary/aromatic N) is 1. The molecule has 2 aliphatic rings. The van der Waals surface area contributed by atoms with Crippen molar-refractivity contribution in [2.45, 2.75) is 38.5 Å². The van der Waals surface area contributed by atoms with Crippen LogP contribution in [-0.2, 0) is 10.8 Å². The van der Waals surface area contributed by atoms with E-state index in [9.17, 15) is 0 Å². The monoisotopic (exact) mass is 679 g/mol. The summed E-state index contributed by atoms with van der Waals surface area (Å²) in [5.74, 6) is 0. The van der Waals surface area contributed by atoms with Crippen LogP contribution in [0.1, 0.15) is 49.9 Å². The van der Waals surface area contributed by atoms with Gasteiger partial charge in [-0.25, -0.2) is 0 Å². The van der Waals surface area contributed by atoms with E-state index in [2.05, 4.69) is 209 Å². The molecule has 0 heterocycles. The molecular formula is C52H41N. The number of fused-ring (bicyclic) bond motifs is 8. The summed E-state index contributed by atoms with van der Waals surface area (Å²) in [5.41, 5.74) is 19.0. The predicted octanol–water partition coefficient (Wildman–Crippen LogP) is 14.3. The number of hydrogen-bond acceptors (Lipinski definition) is 1. The quantitative estimate of drug-likeness (QED) is 0.175. The lowest BCUT2D eigenvalue weighted by atomic mass is 9.78. The van der Waals surface area contributed by atoms with Gasteiger partial charge in [-0.15, -0.1) is 0 Å². The summed E-state index contributed by atoms with van der Waals surface area (Å²) < 4.78 is 0. The third-order valence-electron chi connectivity index (χ3n) is 12.0. The number of anilines is 3. The van der Waals surface area contributed by atoms with Crippen LogP contribution in [0.25, 0.3) is 55.3 Å². The Hall–Kier alpha value is -6.18. The maximum Gasteiger partial charge on any atom is 0.0546 e. The number of rotatable bonds is 5. The van der Waals surface area contributed by atoms with E-state index in [4.69, 9.17) is 0 Å². The van der Waals surface area contributed by atoms with E-state index in [1.165, 1.54) is 83.2 Å². The second-order valence-corrected chi connectivity index (χ2v) is 15.7. The molecule has 0 bridgehead atoms. The molecule has 10 rings (SSSR count). The highest BCUT2D eigenvalue weighted by Gasteiger charge is 2.39. The minimum Gasteiger partial charge on any atom is -0.310 e. The molecule has 1 nitrogen and oxygen atoms in total. The molecule has 0 saturated heterocycles. The maximum atomic E-state index is 2.51. The molecule has 0 amide bonds. The Morgan fingerprint density at radius 3 is 1.58 bits per heavy atom. The first-order valence-corrected chi connectivity index (χ1v) is 18.8. The van der Waals surface area contributed by atoms with Crippen LogP contribution in [0.2, 0.25) is 0 Å². The third-order valence-corrected chi connectivity index (χ3v) is 12.0. The summed E-state index contributed by atoms with van der Waals surface area (Å²) >= 11 is 0. The van der Waals surface area contributed by atoms with Crippen LogP contribution in [0.15, 0.2) is 176 Å². The minimum atomic E-state index is -0.168. The Labute approximate surface area is 312 Å². The molecule has 0 fully saturated rings. The van der Waals surface area contributed by atoms with Gasteiger partial charge in [-0.3, -0.25) is 0 Å². The molecule has 0 atom stereocenters. The van der Waals surface area contributed by atoms with Gasteiger partial charge in [0.05, 0.1) is 5.69 Å². The van der Waals surface area contributed by atoms with Gasteiger partial charge < -0.3 is 4.90 Å². The van der Waals surface area contributed by atoms with Crippen LogP contribution >= 0.6 is 0 Å². The summed E-state index contributed by atoms with van der Waals surface area (Å²) in [6.45, 7) is 9.55. The summed E-state index contributed by atoms with van der Waals surface area (Å²) in [7, 11) is 0.